The number of halogens is 1. The third-order valence-electron chi connectivity index (χ3n) is 4.05. The summed E-state index contributed by atoms with van der Waals surface area (Å²) in [7, 11) is 4.47. The Labute approximate surface area is 161 Å². The Morgan fingerprint density at radius 1 is 1.11 bits per heavy atom. The summed E-state index contributed by atoms with van der Waals surface area (Å²) in [5.41, 5.74) is 1.50. The van der Waals surface area contributed by atoms with E-state index in [4.69, 9.17) is 23.7 Å². The summed E-state index contributed by atoms with van der Waals surface area (Å²) in [6.07, 6.45) is 2.78. The van der Waals surface area contributed by atoms with E-state index in [2.05, 4.69) is 5.32 Å². The molecule has 1 amide bonds. The zero-order chi connectivity index (χ0) is 20.1. The molecule has 0 radical (unpaired) electrons. The van der Waals surface area contributed by atoms with Crippen molar-refractivity contribution in [1.82, 2.24) is 0 Å². The van der Waals surface area contributed by atoms with Gasteiger partial charge >= 0.3 is 0 Å². The second-order valence-corrected chi connectivity index (χ2v) is 5.83. The molecule has 1 aliphatic heterocycles. The zero-order valence-electron chi connectivity index (χ0n) is 15.7. The van der Waals surface area contributed by atoms with Crippen LogP contribution in [-0.4, -0.2) is 34.0 Å². The molecule has 0 bridgehead atoms. The smallest absolute Gasteiger partial charge is 0.248 e. The van der Waals surface area contributed by atoms with Crippen molar-refractivity contribution in [3.63, 3.8) is 0 Å². The van der Waals surface area contributed by atoms with Crippen LogP contribution in [0.1, 0.15) is 11.1 Å². The first kappa shape index (κ1) is 19.5. The van der Waals surface area contributed by atoms with Crippen molar-refractivity contribution in [3.05, 3.63) is 47.3 Å². The molecule has 0 atom stereocenters. The van der Waals surface area contributed by atoms with Crippen LogP contribution in [-0.2, 0) is 16.1 Å². The lowest BCUT2D eigenvalue weighted by molar-refractivity contribution is -0.111. The van der Waals surface area contributed by atoms with E-state index in [1.54, 1.807) is 12.1 Å². The van der Waals surface area contributed by atoms with Gasteiger partial charge in [0.05, 0.1) is 27.9 Å². The molecule has 0 saturated heterocycles. The Morgan fingerprint density at radius 3 is 2.46 bits per heavy atom. The van der Waals surface area contributed by atoms with Crippen LogP contribution in [0.4, 0.5) is 10.1 Å². The highest BCUT2D eigenvalue weighted by Crippen LogP contribution is 2.40. The fourth-order valence-electron chi connectivity index (χ4n) is 2.84. The van der Waals surface area contributed by atoms with Gasteiger partial charge in [-0.2, -0.15) is 0 Å². The van der Waals surface area contributed by atoms with Gasteiger partial charge in [-0.05, 0) is 18.2 Å². The van der Waals surface area contributed by atoms with E-state index in [1.807, 2.05) is 0 Å². The molecule has 1 aliphatic rings. The quantitative estimate of drug-likeness (QED) is 0.764. The highest BCUT2D eigenvalue weighted by molar-refractivity contribution is 6.02. The Kier molecular flexibility index (Phi) is 6.00. The van der Waals surface area contributed by atoms with E-state index in [9.17, 15) is 9.18 Å². The van der Waals surface area contributed by atoms with Crippen LogP contribution < -0.4 is 24.3 Å². The van der Waals surface area contributed by atoms with Gasteiger partial charge in [-0.1, -0.05) is 0 Å². The van der Waals surface area contributed by atoms with Crippen molar-refractivity contribution in [1.29, 1.82) is 0 Å². The van der Waals surface area contributed by atoms with Gasteiger partial charge in [-0.25, -0.2) is 4.39 Å². The average Bonchev–Trinajstić information content (AvgIpc) is 2.71. The molecular weight excluding hydrogens is 369 g/mol. The molecule has 3 rings (SSSR count). The topological polar surface area (TPSA) is 75.3 Å². The lowest BCUT2D eigenvalue weighted by Gasteiger charge is -2.19. The third-order valence-corrected chi connectivity index (χ3v) is 4.05. The number of amides is 1. The summed E-state index contributed by atoms with van der Waals surface area (Å²) in [5, 5.41) is 2.71. The highest BCUT2D eigenvalue weighted by Gasteiger charge is 2.16. The molecule has 148 valence electrons. The largest absolute Gasteiger partial charge is 0.493 e. The molecule has 0 unspecified atom stereocenters. The fraction of sp³-hybridized carbons (Fsp3) is 0.250. The van der Waals surface area contributed by atoms with Crippen LogP contribution in [0.15, 0.2) is 30.3 Å². The number of nitrogens with one attached hydrogen (secondary N) is 1. The molecule has 1 heterocycles. The van der Waals surface area contributed by atoms with Crippen LogP contribution >= 0.6 is 0 Å². The lowest BCUT2D eigenvalue weighted by atomic mass is 10.1. The Hall–Kier alpha value is -3.26. The van der Waals surface area contributed by atoms with Crippen LogP contribution in [0.3, 0.4) is 0 Å². The van der Waals surface area contributed by atoms with Crippen molar-refractivity contribution in [2.75, 3.05) is 33.4 Å². The van der Waals surface area contributed by atoms with Crippen molar-refractivity contribution < 1.29 is 32.9 Å². The standard InChI is InChI=1S/C20H20FNO6/c1-24-16-8-15(9-17(25-2)20(16)26-3)22-18(23)5-4-12-6-14(21)7-13-10-27-11-28-19(12)13/h4-9H,10-11H2,1-3H3,(H,22,23). The molecule has 0 fully saturated rings. The molecule has 0 spiro atoms. The minimum Gasteiger partial charge on any atom is -0.493 e. The van der Waals surface area contributed by atoms with E-state index >= 15 is 0 Å². The molecule has 0 aromatic heterocycles. The van der Waals surface area contributed by atoms with Crippen molar-refractivity contribution in [3.8, 4) is 23.0 Å². The number of rotatable bonds is 6. The van der Waals surface area contributed by atoms with E-state index < -0.39 is 11.7 Å². The van der Waals surface area contributed by atoms with E-state index in [0.29, 0.717) is 39.8 Å². The number of anilines is 1. The molecule has 0 aliphatic carbocycles. The van der Waals surface area contributed by atoms with E-state index in [0.717, 1.165) is 0 Å². The molecule has 8 heteroatoms. The lowest BCUT2D eigenvalue weighted by Crippen LogP contribution is -2.13. The molecule has 2 aromatic carbocycles. The van der Waals surface area contributed by atoms with Gasteiger partial charge in [0.2, 0.25) is 11.7 Å². The number of ether oxygens (including phenoxy) is 5. The first-order valence-corrected chi connectivity index (χ1v) is 8.37. The maximum atomic E-state index is 13.8. The van der Waals surface area contributed by atoms with Crippen LogP contribution in [0.2, 0.25) is 0 Å². The molecule has 2 aromatic rings. The third kappa shape index (κ3) is 4.17. The Bertz CT molecular complexity index is 887. The van der Waals surface area contributed by atoms with Crippen LogP contribution in [0.5, 0.6) is 23.0 Å². The monoisotopic (exact) mass is 389 g/mol. The summed E-state index contributed by atoms with van der Waals surface area (Å²) in [5.74, 6) is 0.896. The minimum absolute atomic E-state index is 0.0805. The number of carbonyl (C=O) groups is 1. The molecule has 0 saturated carbocycles. The number of hydrogen-bond donors (Lipinski definition) is 1. The fourth-order valence-corrected chi connectivity index (χ4v) is 2.84. The van der Waals surface area contributed by atoms with Gasteiger partial charge in [0, 0.05) is 35.0 Å². The molecule has 1 N–H and O–H groups in total. The summed E-state index contributed by atoms with van der Waals surface area (Å²) in [4.78, 5) is 12.3. The zero-order valence-corrected chi connectivity index (χ0v) is 15.7. The number of hydrogen-bond acceptors (Lipinski definition) is 6. The van der Waals surface area contributed by atoms with Gasteiger partial charge in [0.25, 0.3) is 0 Å². The number of carbonyl (C=O) groups excluding carboxylic acids is 1. The normalized spacial score (nSPS) is 12.9. The van der Waals surface area contributed by atoms with Gasteiger partial charge in [0.1, 0.15) is 11.6 Å². The maximum absolute atomic E-state index is 13.8. The van der Waals surface area contributed by atoms with Gasteiger partial charge in [-0.15, -0.1) is 0 Å². The Balaban J connectivity index is 1.80. The summed E-state index contributed by atoms with van der Waals surface area (Å²) in [6, 6.07) is 5.87. The average molecular weight is 389 g/mol. The van der Waals surface area contributed by atoms with Crippen molar-refractivity contribution in [2.24, 2.45) is 0 Å². The van der Waals surface area contributed by atoms with Crippen molar-refractivity contribution >= 4 is 17.7 Å². The minimum atomic E-state index is -0.433. The van der Waals surface area contributed by atoms with Gasteiger partial charge in [-0.3, -0.25) is 4.79 Å². The second-order valence-electron chi connectivity index (χ2n) is 5.83. The van der Waals surface area contributed by atoms with Crippen LogP contribution in [0.25, 0.3) is 6.08 Å². The first-order valence-electron chi connectivity index (χ1n) is 8.37. The second kappa shape index (κ2) is 8.62. The van der Waals surface area contributed by atoms with E-state index in [-0.39, 0.29) is 13.4 Å². The summed E-state index contributed by atoms with van der Waals surface area (Å²) in [6.45, 7) is 0.336. The molecule has 28 heavy (non-hydrogen) atoms. The maximum Gasteiger partial charge on any atom is 0.248 e. The SMILES string of the molecule is COc1cc(NC(=O)C=Cc2cc(F)cc3c2OCOC3)cc(OC)c1OC. The molecular formula is C20H20FNO6. The van der Waals surface area contributed by atoms with Crippen molar-refractivity contribution in [2.45, 2.75) is 6.61 Å². The number of methoxy groups -OCH3 is 3. The highest BCUT2D eigenvalue weighted by atomic mass is 19.1. The summed E-state index contributed by atoms with van der Waals surface area (Å²) < 4.78 is 40.1. The predicted octanol–water partition coefficient (Wildman–Crippen LogP) is 3.37. The van der Waals surface area contributed by atoms with Crippen LogP contribution in [0, 0.1) is 5.82 Å². The first-order chi connectivity index (χ1) is 13.5. The number of fused-ring (bicyclic) bond motifs is 1. The predicted molar refractivity (Wildman–Crippen MR) is 100 cm³/mol. The molecule has 7 nitrogen and oxygen atoms in total. The van der Waals surface area contributed by atoms with Gasteiger partial charge in [0.15, 0.2) is 18.3 Å². The van der Waals surface area contributed by atoms with Gasteiger partial charge < -0.3 is 29.0 Å². The Morgan fingerprint density at radius 2 is 1.82 bits per heavy atom. The summed E-state index contributed by atoms with van der Waals surface area (Å²) >= 11 is 0. The van der Waals surface area contributed by atoms with E-state index in [1.165, 1.54) is 45.6 Å². The number of benzene rings is 2.